The van der Waals surface area contributed by atoms with Crippen molar-refractivity contribution < 1.29 is 9.18 Å². The van der Waals surface area contributed by atoms with Gasteiger partial charge >= 0.3 is 6.03 Å². The Morgan fingerprint density at radius 3 is 2.68 bits per heavy atom. The normalized spacial score (nSPS) is 10.0. The summed E-state index contributed by atoms with van der Waals surface area (Å²) in [6.45, 7) is 2.10. The molecule has 2 rings (SSSR count). The Morgan fingerprint density at radius 1 is 1.16 bits per heavy atom. The maximum atomic E-state index is 13.3. The van der Waals surface area contributed by atoms with Crippen LogP contribution in [0.1, 0.15) is 11.1 Å². The molecule has 0 aliphatic heterocycles. The second-order valence-electron chi connectivity index (χ2n) is 4.27. The summed E-state index contributed by atoms with van der Waals surface area (Å²) in [6.07, 6.45) is 0. The number of nitrogens with one attached hydrogen (secondary N) is 2. The minimum atomic E-state index is -0.353. The van der Waals surface area contributed by atoms with Gasteiger partial charge in [-0.2, -0.15) is 0 Å². The Kier molecular flexibility index (Phi) is 4.13. The second-order valence-corrected chi connectivity index (χ2v) is 4.27. The molecular formula is C15H15FN2O. The van der Waals surface area contributed by atoms with E-state index in [2.05, 4.69) is 10.6 Å². The van der Waals surface area contributed by atoms with Gasteiger partial charge in [0.05, 0.1) is 0 Å². The molecule has 0 bridgehead atoms. The van der Waals surface area contributed by atoms with E-state index in [-0.39, 0.29) is 18.4 Å². The van der Waals surface area contributed by atoms with Crippen LogP contribution in [0.15, 0.2) is 48.5 Å². The monoisotopic (exact) mass is 258 g/mol. The Morgan fingerprint density at radius 2 is 1.95 bits per heavy atom. The molecule has 0 fully saturated rings. The number of aryl methyl sites for hydroxylation is 1. The fourth-order valence-electron chi connectivity index (χ4n) is 1.72. The predicted octanol–water partition coefficient (Wildman–Crippen LogP) is 3.46. The highest BCUT2D eigenvalue weighted by molar-refractivity contribution is 5.89. The molecule has 0 aliphatic carbocycles. The highest BCUT2D eigenvalue weighted by Crippen LogP contribution is 2.09. The molecule has 2 aromatic carbocycles. The van der Waals surface area contributed by atoms with E-state index in [1.54, 1.807) is 24.3 Å². The lowest BCUT2D eigenvalue weighted by molar-refractivity contribution is 0.251. The number of anilines is 1. The minimum absolute atomic E-state index is 0.157. The van der Waals surface area contributed by atoms with Crippen LogP contribution in [0.4, 0.5) is 14.9 Å². The number of halogens is 1. The molecule has 0 saturated heterocycles. The molecule has 0 radical (unpaired) electrons. The van der Waals surface area contributed by atoms with E-state index in [1.165, 1.54) is 6.07 Å². The Balaban J connectivity index is 1.90. The van der Waals surface area contributed by atoms with Gasteiger partial charge in [0.2, 0.25) is 0 Å². The highest BCUT2D eigenvalue weighted by atomic mass is 19.1. The van der Waals surface area contributed by atoms with E-state index in [0.717, 1.165) is 5.56 Å². The Bertz CT molecular complexity index is 584. The summed E-state index contributed by atoms with van der Waals surface area (Å²) in [5.41, 5.74) is 2.24. The third-order valence-corrected chi connectivity index (χ3v) is 2.67. The number of amides is 2. The van der Waals surface area contributed by atoms with Crippen LogP contribution in [0, 0.1) is 12.7 Å². The maximum absolute atomic E-state index is 13.3. The van der Waals surface area contributed by atoms with Crippen molar-refractivity contribution in [2.45, 2.75) is 13.5 Å². The fraction of sp³-hybridized carbons (Fsp3) is 0.133. The lowest BCUT2D eigenvalue weighted by atomic mass is 10.2. The van der Waals surface area contributed by atoms with Crippen molar-refractivity contribution in [3.05, 3.63) is 65.5 Å². The van der Waals surface area contributed by atoms with Crippen molar-refractivity contribution in [2.24, 2.45) is 0 Å². The molecule has 0 unspecified atom stereocenters. The van der Waals surface area contributed by atoms with E-state index in [0.29, 0.717) is 11.3 Å². The van der Waals surface area contributed by atoms with Gasteiger partial charge in [-0.3, -0.25) is 0 Å². The number of carbonyl (C=O) groups excluding carboxylic acids is 1. The van der Waals surface area contributed by atoms with Crippen LogP contribution in [0.5, 0.6) is 0 Å². The van der Waals surface area contributed by atoms with Gasteiger partial charge in [-0.1, -0.05) is 30.3 Å². The van der Waals surface area contributed by atoms with Crippen molar-refractivity contribution in [2.75, 3.05) is 5.32 Å². The van der Waals surface area contributed by atoms with E-state index in [9.17, 15) is 9.18 Å². The molecule has 3 nitrogen and oxygen atoms in total. The molecule has 0 heterocycles. The van der Waals surface area contributed by atoms with E-state index in [1.807, 2.05) is 25.1 Å². The van der Waals surface area contributed by atoms with Gasteiger partial charge in [0.1, 0.15) is 5.82 Å². The molecule has 0 aliphatic rings. The molecule has 0 saturated carbocycles. The molecule has 2 N–H and O–H groups in total. The molecule has 2 amide bonds. The van der Waals surface area contributed by atoms with Crippen LogP contribution in [0.2, 0.25) is 0 Å². The largest absolute Gasteiger partial charge is 0.334 e. The number of hydrogen-bond donors (Lipinski definition) is 2. The highest BCUT2D eigenvalue weighted by Gasteiger charge is 2.04. The van der Waals surface area contributed by atoms with Crippen LogP contribution >= 0.6 is 0 Å². The van der Waals surface area contributed by atoms with Crippen molar-refractivity contribution in [3.8, 4) is 0 Å². The smallest absolute Gasteiger partial charge is 0.319 e. The lowest BCUT2D eigenvalue weighted by Gasteiger charge is -2.08. The number of carbonyl (C=O) groups is 1. The number of rotatable bonds is 3. The first-order chi connectivity index (χ1) is 9.15. The van der Waals surface area contributed by atoms with Crippen LogP contribution in [-0.2, 0) is 6.54 Å². The maximum Gasteiger partial charge on any atom is 0.319 e. The molecule has 0 atom stereocenters. The zero-order chi connectivity index (χ0) is 13.7. The van der Waals surface area contributed by atoms with Gasteiger partial charge in [0.25, 0.3) is 0 Å². The van der Waals surface area contributed by atoms with Gasteiger partial charge in [0, 0.05) is 17.8 Å². The summed E-state index contributed by atoms with van der Waals surface area (Å²) in [5.74, 6) is -0.321. The molecule has 4 heteroatoms. The average molecular weight is 258 g/mol. The summed E-state index contributed by atoms with van der Waals surface area (Å²) in [6, 6.07) is 13.5. The standard InChI is InChI=1S/C15H15FN2O/c1-11-5-4-7-13(9-11)18-15(19)17-10-12-6-2-3-8-14(12)16/h2-9H,10H2,1H3,(H2,17,18,19). The van der Waals surface area contributed by atoms with Crippen LogP contribution in [0.25, 0.3) is 0 Å². The molecule has 19 heavy (non-hydrogen) atoms. The quantitative estimate of drug-likeness (QED) is 0.869. The van der Waals surface area contributed by atoms with Gasteiger partial charge in [0.15, 0.2) is 0 Å². The SMILES string of the molecule is Cc1cccc(NC(=O)NCc2ccccc2F)c1. The zero-order valence-electron chi connectivity index (χ0n) is 10.6. The van der Waals surface area contributed by atoms with Crippen LogP contribution in [0.3, 0.4) is 0 Å². The van der Waals surface area contributed by atoms with Crippen molar-refractivity contribution in [1.82, 2.24) is 5.32 Å². The van der Waals surface area contributed by atoms with E-state index >= 15 is 0 Å². The zero-order valence-corrected chi connectivity index (χ0v) is 10.6. The predicted molar refractivity (Wildman–Crippen MR) is 73.4 cm³/mol. The Labute approximate surface area is 111 Å². The van der Waals surface area contributed by atoms with Crippen molar-refractivity contribution in [3.63, 3.8) is 0 Å². The summed E-state index contributed by atoms with van der Waals surface area (Å²) in [7, 11) is 0. The summed E-state index contributed by atoms with van der Waals surface area (Å²) in [4.78, 5) is 11.7. The molecule has 2 aromatic rings. The third kappa shape index (κ3) is 3.81. The first kappa shape index (κ1) is 13.1. The van der Waals surface area contributed by atoms with Gasteiger partial charge in [-0.15, -0.1) is 0 Å². The molecular weight excluding hydrogens is 243 g/mol. The van der Waals surface area contributed by atoms with Gasteiger partial charge in [-0.25, -0.2) is 9.18 Å². The van der Waals surface area contributed by atoms with Gasteiger partial charge < -0.3 is 10.6 Å². The topological polar surface area (TPSA) is 41.1 Å². The second kappa shape index (κ2) is 6.00. The van der Waals surface area contributed by atoms with E-state index in [4.69, 9.17) is 0 Å². The summed E-state index contributed by atoms with van der Waals surface area (Å²) in [5, 5.41) is 5.32. The van der Waals surface area contributed by atoms with Crippen molar-refractivity contribution >= 4 is 11.7 Å². The third-order valence-electron chi connectivity index (χ3n) is 2.67. The van der Waals surface area contributed by atoms with Crippen LogP contribution in [-0.4, -0.2) is 6.03 Å². The fourth-order valence-corrected chi connectivity index (χ4v) is 1.72. The average Bonchev–Trinajstić information content (AvgIpc) is 2.38. The molecule has 0 aromatic heterocycles. The summed E-state index contributed by atoms with van der Waals surface area (Å²) >= 11 is 0. The lowest BCUT2D eigenvalue weighted by Crippen LogP contribution is -2.28. The molecule has 98 valence electrons. The molecule has 0 spiro atoms. The van der Waals surface area contributed by atoms with Crippen molar-refractivity contribution in [1.29, 1.82) is 0 Å². The first-order valence-electron chi connectivity index (χ1n) is 6.00. The van der Waals surface area contributed by atoms with E-state index < -0.39 is 0 Å². The van der Waals surface area contributed by atoms with Gasteiger partial charge in [-0.05, 0) is 30.7 Å². The number of hydrogen-bond acceptors (Lipinski definition) is 1. The number of benzene rings is 2. The first-order valence-corrected chi connectivity index (χ1v) is 6.00. The minimum Gasteiger partial charge on any atom is -0.334 e. The van der Waals surface area contributed by atoms with Crippen LogP contribution < -0.4 is 10.6 Å². The Hall–Kier alpha value is -2.36. The summed E-state index contributed by atoms with van der Waals surface area (Å²) < 4.78 is 13.3. The number of urea groups is 1.